The van der Waals surface area contributed by atoms with Gasteiger partial charge in [0.1, 0.15) is 5.60 Å². The van der Waals surface area contributed by atoms with Crippen molar-refractivity contribution in [3.8, 4) is 0 Å². The quantitative estimate of drug-likeness (QED) is 0.533. The minimum Gasteiger partial charge on any atom is -0.444 e. The Morgan fingerprint density at radius 1 is 1.46 bits per heavy atom. The predicted octanol–water partition coefficient (Wildman–Crippen LogP) is 1.79. The van der Waals surface area contributed by atoms with Crippen LogP contribution in [0.15, 0.2) is 12.2 Å². The monoisotopic (exact) mass is 181 g/mol. The SMILES string of the molecule is CC(C)(C)OC(=O)N1CC2C=CC21. The fourth-order valence-corrected chi connectivity index (χ4v) is 1.60. The molecule has 2 aliphatic rings. The summed E-state index contributed by atoms with van der Waals surface area (Å²) in [5, 5.41) is 0. The van der Waals surface area contributed by atoms with Crippen LogP contribution in [-0.2, 0) is 4.74 Å². The maximum absolute atomic E-state index is 11.5. The van der Waals surface area contributed by atoms with E-state index in [1.807, 2.05) is 20.8 Å². The summed E-state index contributed by atoms with van der Waals surface area (Å²) in [5.74, 6) is 0.604. The number of hydrogen-bond donors (Lipinski definition) is 0. The number of rotatable bonds is 0. The molecule has 0 spiro atoms. The van der Waals surface area contributed by atoms with E-state index in [0.717, 1.165) is 6.54 Å². The molecule has 1 aliphatic heterocycles. The van der Waals surface area contributed by atoms with Crippen LogP contribution < -0.4 is 0 Å². The Kier molecular flexibility index (Phi) is 1.65. The summed E-state index contributed by atoms with van der Waals surface area (Å²) in [6.45, 7) is 6.49. The van der Waals surface area contributed by atoms with Gasteiger partial charge in [-0.1, -0.05) is 12.2 Å². The first kappa shape index (κ1) is 8.60. The van der Waals surface area contributed by atoms with Gasteiger partial charge in [0.25, 0.3) is 0 Å². The van der Waals surface area contributed by atoms with E-state index in [9.17, 15) is 4.79 Å². The molecule has 1 amide bonds. The minimum atomic E-state index is -0.379. The van der Waals surface area contributed by atoms with E-state index >= 15 is 0 Å². The van der Waals surface area contributed by atoms with E-state index in [2.05, 4.69) is 12.2 Å². The smallest absolute Gasteiger partial charge is 0.410 e. The van der Waals surface area contributed by atoms with Crippen LogP contribution in [0.3, 0.4) is 0 Å². The number of likely N-dealkylation sites (tertiary alicyclic amines) is 1. The average Bonchev–Trinajstić information content (AvgIpc) is 1.91. The van der Waals surface area contributed by atoms with E-state index in [1.54, 1.807) is 4.90 Å². The first-order valence-electron chi connectivity index (χ1n) is 4.65. The largest absolute Gasteiger partial charge is 0.444 e. The van der Waals surface area contributed by atoms with Gasteiger partial charge in [-0.25, -0.2) is 4.79 Å². The normalized spacial score (nSPS) is 30.2. The van der Waals surface area contributed by atoms with Gasteiger partial charge in [0.05, 0.1) is 6.04 Å². The second kappa shape index (κ2) is 2.50. The van der Waals surface area contributed by atoms with E-state index in [4.69, 9.17) is 4.74 Å². The van der Waals surface area contributed by atoms with E-state index < -0.39 is 0 Å². The maximum atomic E-state index is 11.5. The van der Waals surface area contributed by atoms with Gasteiger partial charge < -0.3 is 9.64 Å². The van der Waals surface area contributed by atoms with E-state index in [-0.39, 0.29) is 11.7 Å². The van der Waals surface area contributed by atoms with Crippen molar-refractivity contribution in [2.75, 3.05) is 6.54 Å². The van der Waals surface area contributed by atoms with Crippen LogP contribution >= 0.6 is 0 Å². The molecule has 0 bridgehead atoms. The van der Waals surface area contributed by atoms with Crippen LogP contribution in [0.2, 0.25) is 0 Å². The Bertz CT molecular complexity index is 265. The maximum Gasteiger partial charge on any atom is 0.410 e. The minimum absolute atomic E-state index is 0.182. The van der Waals surface area contributed by atoms with Crippen molar-refractivity contribution < 1.29 is 9.53 Å². The molecule has 72 valence electrons. The topological polar surface area (TPSA) is 29.5 Å². The number of ether oxygens (including phenoxy) is 1. The van der Waals surface area contributed by atoms with Gasteiger partial charge in [-0.15, -0.1) is 0 Å². The number of nitrogens with zero attached hydrogens (tertiary/aromatic N) is 1. The highest BCUT2D eigenvalue weighted by Gasteiger charge is 2.45. The highest BCUT2D eigenvalue weighted by atomic mass is 16.6. The lowest BCUT2D eigenvalue weighted by Crippen LogP contribution is -2.61. The van der Waals surface area contributed by atoms with Crippen LogP contribution in [-0.4, -0.2) is 29.2 Å². The summed E-state index contributed by atoms with van der Waals surface area (Å²) < 4.78 is 5.25. The van der Waals surface area contributed by atoms with Crippen molar-refractivity contribution in [3.05, 3.63) is 12.2 Å². The average molecular weight is 181 g/mol. The second-order valence-corrected chi connectivity index (χ2v) is 4.67. The highest BCUT2D eigenvalue weighted by Crippen LogP contribution is 2.35. The number of fused-ring (bicyclic) bond motifs is 1. The summed E-state index contributed by atoms with van der Waals surface area (Å²) in [6.07, 6.45) is 4.02. The van der Waals surface area contributed by atoms with Crippen LogP contribution in [0.4, 0.5) is 4.79 Å². The number of amides is 1. The number of carbonyl (C=O) groups excluding carboxylic acids is 1. The van der Waals surface area contributed by atoms with Gasteiger partial charge in [0.2, 0.25) is 0 Å². The standard InChI is InChI=1S/C10H15NO2/c1-10(2,3)13-9(12)11-6-7-4-5-8(7)11/h4-5,7-8H,6H2,1-3H3. The summed E-state index contributed by atoms with van der Waals surface area (Å²) in [7, 11) is 0. The molecular formula is C10H15NO2. The van der Waals surface area contributed by atoms with Crippen LogP contribution in [0.25, 0.3) is 0 Å². The van der Waals surface area contributed by atoms with Crippen molar-refractivity contribution in [1.82, 2.24) is 4.90 Å². The molecule has 0 N–H and O–H groups in total. The third-order valence-electron chi connectivity index (χ3n) is 2.39. The van der Waals surface area contributed by atoms with Crippen molar-refractivity contribution in [3.63, 3.8) is 0 Å². The van der Waals surface area contributed by atoms with Crippen LogP contribution in [0, 0.1) is 5.92 Å². The second-order valence-electron chi connectivity index (χ2n) is 4.67. The zero-order chi connectivity index (χ0) is 9.64. The molecule has 0 aromatic carbocycles. The molecular weight excluding hydrogens is 166 g/mol. The first-order chi connectivity index (χ1) is 5.97. The Hall–Kier alpha value is -0.990. The molecule has 0 radical (unpaired) electrons. The fraction of sp³-hybridized carbons (Fsp3) is 0.700. The van der Waals surface area contributed by atoms with Gasteiger partial charge in [-0.3, -0.25) is 0 Å². The molecule has 1 saturated heterocycles. The molecule has 1 heterocycles. The fourth-order valence-electron chi connectivity index (χ4n) is 1.60. The lowest BCUT2D eigenvalue weighted by Gasteiger charge is -2.50. The molecule has 0 saturated carbocycles. The Morgan fingerprint density at radius 2 is 2.15 bits per heavy atom. The highest BCUT2D eigenvalue weighted by molar-refractivity contribution is 5.71. The Labute approximate surface area is 78.4 Å². The zero-order valence-corrected chi connectivity index (χ0v) is 8.28. The number of hydrogen-bond acceptors (Lipinski definition) is 2. The predicted molar refractivity (Wildman–Crippen MR) is 49.4 cm³/mol. The van der Waals surface area contributed by atoms with E-state index in [0.29, 0.717) is 12.0 Å². The van der Waals surface area contributed by atoms with Gasteiger partial charge in [0.15, 0.2) is 0 Å². The molecule has 1 fully saturated rings. The third kappa shape index (κ3) is 1.43. The molecule has 2 rings (SSSR count). The Morgan fingerprint density at radius 3 is 2.46 bits per heavy atom. The first-order valence-corrected chi connectivity index (χ1v) is 4.65. The molecule has 1 aliphatic carbocycles. The van der Waals surface area contributed by atoms with Crippen molar-refractivity contribution in [1.29, 1.82) is 0 Å². The lowest BCUT2D eigenvalue weighted by molar-refractivity contribution is -0.0154. The summed E-state index contributed by atoms with van der Waals surface area (Å²) in [6, 6.07) is 0.329. The van der Waals surface area contributed by atoms with Crippen molar-refractivity contribution >= 4 is 6.09 Å². The van der Waals surface area contributed by atoms with Crippen molar-refractivity contribution in [2.24, 2.45) is 5.92 Å². The molecule has 13 heavy (non-hydrogen) atoms. The van der Waals surface area contributed by atoms with Crippen molar-refractivity contribution in [2.45, 2.75) is 32.4 Å². The van der Waals surface area contributed by atoms with Crippen LogP contribution in [0.1, 0.15) is 20.8 Å². The number of carbonyl (C=O) groups is 1. The molecule has 2 unspecified atom stereocenters. The summed E-state index contributed by atoms with van der Waals surface area (Å²) >= 11 is 0. The van der Waals surface area contributed by atoms with Gasteiger partial charge >= 0.3 is 6.09 Å². The molecule has 0 aromatic rings. The van der Waals surface area contributed by atoms with E-state index in [1.165, 1.54) is 0 Å². The Balaban J connectivity index is 1.89. The van der Waals surface area contributed by atoms with Gasteiger partial charge in [-0.2, -0.15) is 0 Å². The van der Waals surface area contributed by atoms with Gasteiger partial charge in [-0.05, 0) is 20.8 Å². The molecule has 3 nitrogen and oxygen atoms in total. The van der Waals surface area contributed by atoms with Crippen LogP contribution in [0.5, 0.6) is 0 Å². The van der Waals surface area contributed by atoms with Gasteiger partial charge in [0, 0.05) is 12.5 Å². The third-order valence-corrected chi connectivity index (χ3v) is 2.39. The zero-order valence-electron chi connectivity index (χ0n) is 8.28. The summed E-state index contributed by atoms with van der Waals surface area (Å²) in [4.78, 5) is 13.3. The molecule has 3 heteroatoms. The molecule has 2 atom stereocenters. The molecule has 0 aromatic heterocycles. The lowest BCUT2D eigenvalue weighted by atomic mass is 9.80. The summed E-state index contributed by atoms with van der Waals surface area (Å²) in [5.41, 5.74) is -0.379.